The zero-order valence-electron chi connectivity index (χ0n) is 15.8. The molecule has 2 saturated heterocycles. The van der Waals surface area contributed by atoms with Gasteiger partial charge in [0.15, 0.2) is 0 Å². The fourth-order valence-corrected chi connectivity index (χ4v) is 3.96. The monoisotopic (exact) mass is 356 g/mol. The van der Waals surface area contributed by atoms with Crippen molar-refractivity contribution < 1.29 is 4.74 Å². The van der Waals surface area contributed by atoms with Crippen molar-refractivity contribution in [3.8, 4) is 0 Å². The summed E-state index contributed by atoms with van der Waals surface area (Å²) in [6.07, 6.45) is 4.17. The Bertz CT molecular complexity index is 731. The van der Waals surface area contributed by atoms with Gasteiger partial charge in [-0.1, -0.05) is 0 Å². The van der Waals surface area contributed by atoms with Crippen LogP contribution in [0.25, 0.3) is 0 Å². The molecule has 0 amide bonds. The molecule has 0 saturated carbocycles. The zero-order chi connectivity index (χ0) is 17.9. The Morgan fingerprint density at radius 2 is 1.88 bits per heavy atom. The number of hydrogen-bond acceptors (Lipinski definition) is 6. The second-order valence-corrected chi connectivity index (χ2v) is 7.33. The van der Waals surface area contributed by atoms with Crippen LogP contribution in [0.5, 0.6) is 0 Å². The third-order valence-electron chi connectivity index (χ3n) is 5.33. The van der Waals surface area contributed by atoms with E-state index in [0.717, 1.165) is 76.1 Å². The Hall–Kier alpha value is -1.99. The van der Waals surface area contributed by atoms with Gasteiger partial charge in [0.05, 0.1) is 30.6 Å². The molecule has 2 aliphatic rings. The number of anilines is 1. The molecule has 0 spiro atoms. The van der Waals surface area contributed by atoms with Gasteiger partial charge in [-0.05, 0) is 38.8 Å². The van der Waals surface area contributed by atoms with Gasteiger partial charge in [-0.2, -0.15) is 5.10 Å². The third kappa shape index (κ3) is 3.88. The number of piperidine rings is 1. The van der Waals surface area contributed by atoms with Crippen molar-refractivity contribution in [1.82, 2.24) is 24.6 Å². The van der Waals surface area contributed by atoms with Crippen molar-refractivity contribution in [2.24, 2.45) is 0 Å². The summed E-state index contributed by atoms with van der Waals surface area (Å²) in [7, 11) is 0. The number of morpholine rings is 1. The minimum atomic E-state index is 0.522. The van der Waals surface area contributed by atoms with Crippen molar-refractivity contribution in [3.63, 3.8) is 0 Å². The number of nitrogens with zero attached hydrogens (tertiary/aromatic N) is 6. The molecule has 0 aliphatic carbocycles. The Morgan fingerprint density at radius 3 is 2.58 bits per heavy atom. The maximum absolute atomic E-state index is 5.42. The Balaban J connectivity index is 1.35. The quantitative estimate of drug-likeness (QED) is 0.835. The largest absolute Gasteiger partial charge is 0.378 e. The molecule has 0 aromatic carbocycles. The van der Waals surface area contributed by atoms with Crippen LogP contribution in [0.1, 0.15) is 36.0 Å². The Labute approximate surface area is 155 Å². The summed E-state index contributed by atoms with van der Waals surface area (Å²) in [5.74, 6) is 0.836. The van der Waals surface area contributed by atoms with Crippen molar-refractivity contribution in [1.29, 1.82) is 0 Å². The van der Waals surface area contributed by atoms with Gasteiger partial charge in [0, 0.05) is 44.6 Å². The smallest absolute Gasteiger partial charge is 0.225 e. The molecular weight excluding hydrogens is 328 g/mol. The second kappa shape index (κ2) is 7.72. The minimum Gasteiger partial charge on any atom is -0.378 e. The minimum absolute atomic E-state index is 0.522. The zero-order valence-corrected chi connectivity index (χ0v) is 15.8. The van der Waals surface area contributed by atoms with E-state index in [1.807, 2.05) is 12.3 Å². The van der Waals surface area contributed by atoms with Crippen LogP contribution >= 0.6 is 0 Å². The second-order valence-electron chi connectivity index (χ2n) is 7.33. The van der Waals surface area contributed by atoms with Gasteiger partial charge in [0.25, 0.3) is 0 Å². The lowest BCUT2D eigenvalue weighted by atomic mass is 10.0. The number of aromatic nitrogens is 4. The molecule has 0 atom stereocenters. The lowest BCUT2D eigenvalue weighted by Crippen LogP contribution is -2.38. The van der Waals surface area contributed by atoms with E-state index in [0.29, 0.717) is 6.04 Å². The van der Waals surface area contributed by atoms with Crippen LogP contribution < -0.4 is 4.90 Å². The van der Waals surface area contributed by atoms with Crippen molar-refractivity contribution in [2.75, 3.05) is 44.3 Å². The van der Waals surface area contributed by atoms with Crippen molar-refractivity contribution in [3.05, 3.63) is 35.4 Å². The third-order valence-corrected chi connectivity index (χ3v) is 5.33. The molecule has 2 aromatic rings. The maximum Gasteiger partial charge on any atom is 0.225 e. The van der Waals surface area contributed by atoms with Gasteiger partial charge in [0.2, 0.25) is 5.95 Å². The first-order chi connectivity index (χ1) is 12.7. The van der Waals surface area contributed by atoms with Crippen molar-refractivity contribution >= 4 is 5.95 Å². The van der Waals surface area contributed by atoms with Crippen LogP contribution in [0.3, 0.4) is 0 Å². The summed E-state index contributed by atoms with van der Waals surface area (Å²) < 4.78 is 7.63. The standard InChI is InChI=1S/C19H28N6O/c1-15-13-16(2)25(22-15)18-4-7-23(8-5-18)14-17-3-6-20-19(21-17)24-9-11-26-12-10-24/h3,6,13,18H,4-5,7-12,14H2,1-2H3. The van der Waals surface area contributed by atoms with Crippen LogP contribution in [0.4, 0.5) is 5.95 Å². The SMILES string of the molecule is Cc1cc(C)n(C2CCN(Cc3ccnc(N4CCOCC4)n3)CC2)n1. The van der Waals surface area contributed by atoms with Crippen LogP contribution in [0, 0.1) is 13.8 Å². The Kier molecular flexibility index (Phi) is 5.17. The molecule has 2 fully saturated rings. The molecule has 0 bridgehead atoms. The van der Waals surface area contributed by atoms with E-state index in [4.69, 9.17) is 9.72 Å². The highest BCUT2D eigenvalue weighted by atomic mass is 16.5. The summed E-state index contributed by atoms with van der Waals surface area (Å²) in [4.78, 5) is 13.9. The molecule has 7 heteroatoms. The molecule has 0 N–H and O–H groups in total. The highest BCUT2D eigenvalue weighted by Gasteiger charge is 2.23. The molecular formula is C19H28N6O. The molecule has 2 aromatic heterocycles. The summed E-state index contributed by atoms with van der Waals surface area (Å²) in [5.41, 5.74) is 3.49. The van der Waals surface area contributed by atoms with Crippen molar-refractivity contribution in [2.45, 2.75) is 39.3 Å². The van der Waals surface area contributed by atoms with E-state index in [1.165, 1.54) is 5.69 Å². The molecule has 4 rings (SSSR count). The number of likely N-dealkylation sites (tertiary alicyclic amines) is 1. The summed E-state index contributed by atoms with van der Waals surface area (Å²) >= 11 is 0. The topological polar surface area (TPSA) is 59.3 Å². The first-order valence-electron chi connectivity index (χ1n) is 9.59. The average molecular weight is 356 g/mol. The highest BCUT2D eigenvalue weighted by molar-refractivity contribution is 5.30. The van der Waals surface area contributed by atoms with Crippen LogP contribution in [-0.2, 0) is 11.3 Å². The lowest BCUT2D eigenvalue weighted by molar-refractivity contribution is 0.122. The summed E-state index contributed by atoms with van der Waals surface area (Å²) in [6.45, 7) is 10.5. The van der Waals surface area contributed by atoms with Gasteiger partial charge >= 0.3 is 0 Å². The van der Waals surface area contributed by atoms with E-state index in [9.17, 15) is 0 Å². The van der Waals surface area contributed by atoms with E-state index in [-0.39, 0.29) is 0 Å². The first-order valence-corrected chi connectivity index (χ1v) is 9.59. The number of rotatable bonds is 4. The van der Waals surface area contributed by atoms with E-state index in [1.54, 1.807) is 0 Å². The summed E-state index contributed by atoms with van der Waals surface area (Å²) in [6, 6.07) is 4.73. The van der Waals surface area contributed by atoms with Gasteiger partial charge in [0.1, 0.15) is 0 Å². The molecule has 26 heavy (non-hydrogen) atoms. The lowest BCUT2D eigenvalue weighted by Gasteiger charge is -2.32. The molecule has 4 heterocycles. The fraction of sp³-hybridized carbons (Fsp3) is 0.632. The fourth-order valence-electron chi connectivity index (χ4n) is 3.96. The van der Waals surface area contributed by atoms with Crippen LogP contribution in [0.2, 0.25) is 0 Å². The molecule has 140 valence electrons. The normalized spacial score (nSPS) is 19.8. The predicted octanol–water partition coefficient (Wildman–Crippen LogP) is 1.96. The highest BCUT2D eigenvalue weighted by Crippen LogP contribution is 2.24. The first kappa shape index (κ1) is 17.4. The molecule has 0 radical (unpaired) electrons. The van der Waals surface area contributed by atoms with Crippen LogP contribution in [0.15, 0.2) is 18.3 Å². The van der Waals surface area contributed by atoms with Gasteiger partial charge in [-0.25, -0.2) is 9.97 Å². The number of hydrogen-bond donors (Lipinski definition) is 0. The molecule has 7 nitrogen and oxygen atoms in total. The maximum atomic E-state index is 5.42. The van der Waals surface area contributed by atoms with Gasteiger partial charge in [-0.3, -0.25) is 9.58 Å². The molecule has 0 unspecified atom stereocenters. The van der Waals surface area contributed by atoms with E-state index >= 15 is 0 Å². The predicted molar refractivity (Wildman–Crippen MR) is 100 cm³/mol. The summed E-state index contributed by atoms with van der Waals surface area (Å²) in [5, 5.41) is 4.67. The van der Waals surface area contributed by atoms with E-state index < -0.39 is 0 Å². The number of ether oxygens (including phenoxy) is 1. The molecule has 2 aliphatic heterocycles. The van der Waals surface area contributed by atoms with E-state index in [2.05, 4.69) is 44.5 Å². The van der Waals surface area contributed by atoms with Gasteiger partial charge < -0.3 is 9.64 Å². The Morgan fingerprint density at radius 1 is 1.12 bits per heavy atom. The van der Waals surface area contributed by atoms with Gasteiger partial charge in [-0.15, -0.1) is 0 Å². The van der Waals surface area contributed by atoms with Crippen LogP contribution in [-0.4, -0.2) is 64.0 Å². The number of aryl methyl sites for hydroxylation is 2. The average Bonchev–Trinajstić information content (AvgIpc) is 3.01.